The number of nitrogens with one attached hydrogen (secondary N) is 3. The number of Topliss-reactive ketones (excluding diaryl/α,β-unsaturated/α-hetero) is 1. The van der Waals surface area contributed by atoms with Crippen LogP contribution in [0.25, 0.3) is 0 Å². The number of carbonyl (C=O) groups is 5. The molecule has 48 heavy (non-hydrogen) atoms. The molecule has 264 valence electrons. The van der Waals surface area contributed by atoms with Gasteiger partial charge in [-0.3, -0.25) is 19.2 Å². The van der Waals surface area contributed by atoms with Gasteiger partial charge in [0.25, 0.3) is 5.91 Å². The Morgan fingerprint density at radius 3 is 2.17 bits per heavy atom. The van der Waals surface area contributed by atoms with E-state index in [9.17, 15) is 32.4 Å². The summed E-state index contributed by atoms with van der Waals surface area (Å²) >= 11 is 0. The molecule has 5 rings (SSSR count). The van der Waals surface area contributed by atoms with Crippen LogP contribution in [0, 0.1) is 35.0 Å². The van der Waals surface area contributed by atoms with Gasteiger partial charge >= 0.3 is 6.03 Å². The average molecular weight is 686 g/mol. The number of primary amides is 1. The van der Waals surface area contributed by atoms with Crippen LogP contribution in [0.15, 0.2) is 35.2 Å². The van der Waals surface area contributed by atoms with Crippen molar-refractivity contribution >= 4 is 39.4 Å². The van der Waals surface area contributed by atoms with E-state index in [0.717, 1.165) is 44.9 Å². The maximum absolute atomic E-state index is 14.5. The Bertz CT molecular complexity index is 1500. The summed E-state index contributed by atoms with van der Waals surface area (Å²) in [5.74, 6) is -3.30. The summed E-state index contributed by atoms with van der Waals surface area (Å²) in [5.41, 5.74) is 5.12. The van der Waals surface area contributed by atoms with E-state index in [-0.39, 0.29) is 51.6 Å². The fourth-order valence-corrected chi connectivity index (χ4v) is 9.61. The van der Waals surface area contributed by atoms with Crippen LogP contribution in [0.3, 0.4) is 0 Å². The number of benzene rings is 1. The van der Waals surface area contributed by atoms with Gasteiger partial charge in [0.05, 0.1) is 16.7 Å². The minimum atomic E-state index is -3.70. The van der Waals surface area contributed by atoms with Gasteiger partial charge in [-0.05, 0) is 66.4 Å². The van der Waals surface area contributed by atoms with E-state index in [2.05, 4.69) is 29.8 Å². The Kier molecular flexibility index (Phi) is 10.6. The van der Waals surface area contributed by atoms with Gasteiger partial charge in [-0.25, -0.2) is 13.2 Å². The van der Waals surface area contributed by atoms with Crippen molar-refractivity contribution in [3.05, 3.63) is 30.3 Å². The third-order valence-electron chi connectivity index (χ3n) is 11.2. The molecular weight excluding hydrogens is 634 g/mol. The molecule has 1 heterocycles. The Labute approximate surface area is 283 Å². The molecule has 5 amide bonds. The Hall–Kier alpha value is -3.48. The SMILES string of the molecule is CC(C)[C@@H](CS(=O)(=O)c1ccccc1)NC(=O)N[C@H](C(=O)N1C[C@H]2[C@@H]([C@H]1C(=O)NC(CC1CC1)C(=O)C(N)=O)C2(C)C)C1CCCCC1. The van der Waals surface area contributed by atoms with Crippen molar-refractivity contribution < 1.29 is 32.4 Å². The number of hydrogen-bond donors (Lipinski definition) is 4. The van der Waals surface area contributed by atoms with E-state index in [4.69, 9.17) is 5.73 Å². The number of piperidine rings is 1. The third kappa shape index (κ3) is 7.87. The maximum Gasteiger partial charge on any atom is 0.315 e. The van der Waals surface area contributed by atoms with Crippen LogP contribution < -0.4 is 21.7 Å². The molecule has 13 heteroatoms. The monoisotopic (exact) mass is 685 g/mol. The van der Waals surface area contributed by atoms with Crippen molar-refractivity contribution in [3.8, 4) is 0 Å². The molecule has 0 aromatic heterocycles. The number of fused-ring (bicyclic) bond motifs is 1. The highest BCUT2D eigenvalue weighted by Crippen LogP contribution is 2.65. The quantitative estimate of drug-likeness (QED) is 0.217. The van der Waals surface area contributed by atoms with E-state index >= 15 is 0 Å². The van der Waals surface area contributed by atoms with Gasteiger partial charge in [0, 0.05) is 12.6 Å². The second-order valence-corrected chi connectivity index (χ2v) is 17.3. The average Bonchev–Trinajstić information content (AvgIpc) is 3.90. The summed E-state index contributed by atoms with van der Waals surface area (Å²) in [5, 5.41) is 8.53. The molecule has 1 saturated heterocycles. The Morgan fingerprint density at radius 1 is 0.938 bits per heavy atom. The fourth-order valence-electron chi connectivity index (χ4n) is 7.90. The molecule has 1 aliphatic heterocycles. The molecule has 5 N–H and O–H groups in total. The normalized spacial score (nSPS) is 25.4. The number of urea groups is 1. The molecule has 3 saturated carbocycles. The minimum Gasteiger partial charge on any atom is -0.363 e. The lowest BCUT2D eigenvalue weighted by Gasteiger charge is -2.37. The predicted molar refractivity (Wildman–Crippen MR) is 179 cm³/mol. The molecule has 4 fully saturated rings. The highest BCUT2D eigenvalue weighted by atomic mass is 32.2. The van der Waals surface area contributed by atoms with Crippen molar-refractivity contribution in [2.45, 2.75) is 108 Å². The molecule has 12 nitrogen and oxygen atoms in total. The second-order valence-electron chi connectivity index (χ2n) is 15.3. The van der Waals surface area contributed by atoms with Crippen LogP contribution in [-0.2, 0) is 29.0 Å². The van der Waals surface area contributed by atoms with Crippen LogP contribution in [-0.4, -0.2) is 79.3 Å². The third-order valence-corrected chi connectivity index (χ3v) is 13.0. The number of amides is 5. The van der Waals surface area contributed by atoms with Gasteiger partial charge < -0.3 is 26.6 Å². The van der Waals surface area contributed by atoms with Crippen LogP contribution in [0.4, 0.5) is 4.79 Å². The zero-order valence-electron chi connectivity index (χ0n) is 28.4. The number of nitrogens with zero attached hydrogens (tertiary/aromatic N) is 1. The summed E-state index contributed by atoms with van der Waals surface area (Å²) in [6.07, 6.45) is 6.45. The molecular formula is C35H51N5O7S. The first-order valence-electron chi connectivity index (χ1n) is 17.4. The van der Waals surface area contributed by atoms with Gasteiger partial charge in [0.2, 0.25) is 17.6 Å². The second kappa shape index (κ2) is 14.2. The van der Waals surface area contributed by atoms with E-state index in [0.29, 0.717) is 13.0 Å². The first kappa shape index (κ1) is 35.8. The Balaban J connectivity index is 1.34. The van der Waals surface area contributed by atoms with Crippen LogP contribution >= 0.6 is 0 Å². The summed E-state index contributed by atoms with van der Waals surface area (Å²) in [6, 6.07) is 3.90. The molecule has 0 bridgehead atoms. The zero-order valence-corrected chi connectivity index (χ0v) is 29.3. The highest BCUT2D eigenvalue weighted by molar-refractivity contribution is 7.91. The van der Waals surface area contributed by atoms with Crippen molar-refractivity contribution in [3.63, 3.8) is 0 Å². The number of sulfone groups is 1. The van der Waals surface area contributed by atoms with Gasteiger partial charge in [0.1, 0.15) is 12.1 Å². The summed E-state index contributed by atoms with van der Waals surface area (Å²) < 4.78 is 26.3. The van der Waals surface area contributed by atoms with Gasteiger partial charge in [0.15, 0.2) is 9.84 Å². The molecule has 0 radical (unpaired) electrons. The Morgan fingerprint density at radius 2 is 1.58 bits per heavy atom. The minimum absolute atomic E-state index is 0.0697. The van der Waals surface area contributed by atoms with E-state index < -0.39 is 57.6 Å². The number of carbonyl (C=O) groups excluding carboxylic acids is 5. The molecule has 1 unspecified atom stereocenters. The molecule has 1 aromatic carbocycles. The molecule has 6 atom stereocenters. The molecule has 1 aromatic rings. The lowest BCUT2D eigenvalue weighted by atomic mass is 9.83. The first-order valence-corrected chi connectivity index (χ1v) is 19.1. The largest absolute Gasteiger partial charge is 0.363 e. The van der Waals surface area contributed by atoms with Crippen molar-refractivity contribution in [2.75, 3.05) is 12.3 Å². The summed E-state index contributed by atoms with van der Waals surface area (Å²) in [4.78, 5) is 68.2. The molecule has 0 spiro atoms. The van der Waals surface area contributed by atoms with Crippen LogP contribution in [0.1, 0.15) is 79.1 Å². The molecule has 3 aliphatic carbocycles. The summed E-state index contributed by atoms with van der Waals surface area (Å²) in [6.45, 7) is 8.11. The topological polar surface area (TPSA) is 185 Å². The van der Waals surface area contributed by atoms with Crippen molar-refractivity contribution in [2.24, 2.45) is 40.7 Å². The molecule has 4 aliphatic rings. The van der Waals surface area contributed by atoms with Crippen molar-refractivity contribution in [1.29, 1.82) is 0 Å². The number of nitrogens with two attached hydrogens (primary N) is 1. The zero-order chi connectivity index (χ0) is 35.0. The van der Waals surface area contributed by atoms with E-state index in [1.54, 1.807) is 23.1 Å². The van der Waals surface area contributed by atoms with Crippen LogP contribution in [0.2, 0.25) is 0 Å². The highest BCUT2D eigenvalue weighted by Gasteiger charge is 2.69. The fraction of sp³-hybridized carbons (Fsp3) is 0.686. The van der Waals surface area contributed by atoms with E-state index in [1.807, 2.05) is 13.8 Å². The van der Waals surface area contributed by atoms with Gasteiger partial charge in [-0.1, -0.05) is 78.0 Å². The van der Waals surface area contributed by atoms with E-state index in [1.165, 1.54) is 12.1 Å². The standard InChI is InChI=1S/C35H51N5O7S/c1-20(2)26(19-48(46,47)23-13-9-6-10-14-23)38-34(45)39-28(22-11-7-5-8-12-22)33(44)40-18-24-27(35(24,3)4)29(40)32(43)37-25(17-21-15-16-21)30(41)31(36)42/h6,9-10,13-14,20-22,24-29H,5,7-8,11-12,15-19H2,1-4H3,(H2,36,42)(H,37,43)(H2,38,39,45)/t24-,25?,26+,27-,28-,29-/m0/s1. The first-order chi connectivity index (χ1) is 22.6. The lowest BCUT2D eigenvalue weighted by Crippen LogP contribution is -2.61. The lowest BCUT2D eigenvalue weighted by molar-refractivity contribution is -0.144. The number of hydrogen-bond acceptors (Lipinski definition) is 7. The number of likely N-dealkylation sites (tertiary alicyclic amines) is 1. The maximum atomic E-state index is 14.5. The smallest absolute Gasteiger partial charge is 0.315 e. The number of rotatable bonds is 14. The summed E-state index contributed by atoms with van der Waals surface area (Å²) in [7, 11) is -3.70. The predicted octanol–water partition coefficient (Wildman–Crippen LogP) is 2.56. The van der Waals surface area contributed by atoms with Crippen LogP contribution in [0.5, 0.6) is 0 Å². The van der Waals surface area contributed by atoms with Crippen molar-refractivity contribution in [1.82, 2.24) is 20.9 Å². The van der Waals surface area contributed by atoms with Gasteiger partial charge in [-0.15, -0.1) is 0 Å². The van der Waals surface area contributed by atoms with Gasteiger partial charge in [-0.2, -0.15) is 0 Å². The number of ketones is 1.